The van der Waals surface area contributed by atoms with E-state index in [-0.39, 0.29) is 11.3 Å². The van der Waals surface area contributed by atoms with Crippen LogP contribution >= 0.6 is 0 Å². The fourth-order valence-corrected chi connectivity index (χ4v) is 3.58. The second kappa shape index (κ2) is 7.23. The van der Waals surface area contributed by atoms with Crippen LogP contribution in [0.2, 0.25) is 0 Å². The van der Waals surface area contributed by atoms with Crippen molar-refractivity contribution in [3.05, 3.63) is 18.5 Å². The van der Waals surface area contributed by atoms with E-state index in [1.165, 1.54) is 0 Å². The molecule has 0 bridgehead atoms. The minimum absolute atomic E-state index is 0.0436. The fourth-order valence-electron chi connectivity index (χ4n) is 3.58. The number of piperidine rings is 1. The number of nitrogens with one attached hydrogen (secondary N) is 1. The summed E-state index contributed by atoms with van der Waals surface area (Å²) in [6, 6.07) is 1.84. The van der Waals surface area contributed by atoms with Gasteiger partial charge in [-0.3, -0.25) is 9.69 Å². The summed E-state index contributed by atoms with van der Waals surface area (Å²) in [5.41, 5.74) is 0.0436. The molecule has 0 saturated carbocycles. The summed E-state index contributed by atoms with van der Waals surface area (Å²) in [5, 5.41) is 2.71. The van der Waals surface area contributed by atoms with E-state index in [9.17, 15) is 4.79 Å². The average Bonchev–Trinajstić information content (AvgIpc) is 2.77. The molecule has 3 rings (SSSR count). The Morgan fingerprint density at radius 3 is 2.96 bits per heavy atom. The average molecular weight is 319 g/mol. The topological polar surface area (TPSA) is 70.6 Å². The quantitative estimate of drug-likeness (QED) is 0.855. The first kappa shape index (κ1) is 16.1. The Hall–Kier alpha value is -1.73. The van der Waals surface area contributed by atoms with Crippen molar-refractivity contribution in [2.24, 2.45) is 5.41 Å². The summed E-state index contributed by atoms with van der Waals surface area (Å²) in [6.07, 6.45) is 5.77. The maximum absolute atomic E-state index is 11.7. The molecule has 1 aromatic rings. The van der Waals surface area contributed by atoms with Crippen LogP contribution in [0.4, 0.5) is 5.95 Å². The normalized spacial score (nSPS) is 26.0. The number of carbonyl (C=O) groups is 1. The monoisotopic (exact) mass is 319 g/mol. The number of rotatable bonds is 3. The lowest BCUT2D eigenvalue weighted by Gasteiger charge is -2.43. The van der Waals surface area contributed by atoms with Gasteiger partial charge in [-0.1, -0.05) is 0 Å². The van der Waals surface area contributed by atoms with E-state index >= 15 is 0 Å². The maximum Gasteiger partial charge on any atom is 0.233 e. The fraction of sp³-hybridized carbons (Fsp3) is 0.688. The van der Waals surface area contributed by atoms with Crippen LogP contribution in [0.25, 0.3) is 0 Å². The van der Waals surface area contributed by atoms with Gasteiger partial charge >= 0.3 is 0 Å². The van der Waals surface area contributed by atoms with Crippen LogP contribution in [0.1, 0.15) is 12.8 Å². The van der Waals surface area contributed by atoms with Crippen molar-refractivity contribution < 1.29 is 9.53 Å². The third kappa shape index (κ3) is 3.97. The van der Waals surface area contributed by atoms with Crippen molar-refractivity contribution in [1.82, 2.24) is 20.2 Å². The SMILES string of the molecule is CNC(=O)CN1CCOCC2(CCCN(c3ncccn3)C2)C1. The highest BCUT2D eigenvalue weighted by Crippen LogP contribution is 2.34. The molecule has 1 unspecified atom stereocenters. The van der Waals surface area contributed by atoms with Gasteiger partial charge in [0, 0.05) is 51.0 Å². The van der Waals surface area contributed by atoms with E-state index in [2.05, 4.69) is 25.1 Å². The molecular weight excluding hydrogens is 294 g/mol. The van der Waals surface area contributed by atoms with Crippen LogP contribution < -0.4 is 10.2 Å². The second-order valence-corrected chi connectivity index (χ2v) is 6.51. The molecule has 1 amide bonds. The second-order valence-electron chi connectivity index (χ2n) is 6.51. The Morgan fingerprint density at radius 1 is 1.35 bits per heavy atom. The number of carbonyl (C=O) groups excluding carboxylic acids is 1. The maximum atomic E-state index is 11.7. The molecule has 3 heterocycles. The van der Waals surface area contributed by atoms with Crippen molar-refractivity contribution in [2.75, 3.05) is 57.9 Å². The zero-order chi connectivity index (χ0) is 16.1. The Labute approximate surface area is 137 Å². The molecule has 2 aliphatic rings. The standard InChI is InChI=1S/C16H25N5O2/c1-17-14(22)10-20-8-9-23-13-16(11-20)4-2-7-21(12-16)15-18-5-3-6-19-15/h3,5-6H,2,4,7-13H2,1H3,(H,17,22). The zero-order valence-corrected chi connectivity index (χ0v) is 13.7. The highest BCUT2D eigenvalue weighted by molar-refractivity contribution is 5.77. The molecule has 2 aliphatic heterocycles. The van der Waals surface area contributed by atoms with Gasteiger partial charge < -0.3 is 15.0 Å². The van der Waals surface area contributed by atoms with Gasteiger partial charge in [0.25, 0.3) is 0 Å². The summed E-state index contributed by atoms with van der Waals surface area (Å²) in [7, 11) is 1.68. The Kier molecular flexibility index (Phi) is 5.07. The Balaban J connectivity index is 1.72. The predicted molar refractivity (Wildman–Crippen MR) is 87.2 cm³/mol. The van der Waals surface area contributed by atoms with Crippen LogP contribution in [-0.4, -0.2) is 73.8 Å². The van der Waals surface area contributed by atoms with Crippen LogP contribution in [0.5, 0.6) is 0 Å². The van der Waals surface area contributed by atoms with Crippen LogP contribution in [0.3, 0.4) is 0 Å². The van der Waals surface area contributed by atoms with Gasteiger partial charge in [-0.25, -0.2) is 9.97 Å². The molecule has 2 saturated heterocycles. The molecule has 23 heavy (non-hydrogen) atoms. The number of nitrogens with zero attached hydrogens (tertiary/aromatic N) is 4. The highest BCUT2D eigenvalue weighted by Gasteiger charge is 2.39. The number of aromatic nitrogens is 2. The van der Waals surface area contributed by atoms with E-state index in [1.807, 2.05) is 6.07 Å². The van der Waals surface area contributed by atoms with E-state index in [1.54, 1.807) is 19.4 Å². The van der Waals surface area contributed by atoms with E-state index in [4.69, 9.17) is 4.74 Å². The molecule has 1 aromatic heterocycles. The van der Waals surface area contributed by atoms with Gasteiger partial charge in [0.2, 0.25) is 11.9 Å². The van der Waals surface area contributed by atoms with Gasteiger partial charge in [0.1, 0.15) is 0 Å². The molecule has 1 atom stereocenters. The van der Waals surface area contributed by atoms with Gasteiger partial charge in [-0.05, 0) is 18.9 Å². The largest absolute Gasteiger partial charge is 0.379 e. The van der Waals surface area contributed by atoms with Crippen molar-refractivity contribution in [1.29, 1.82) is 0 Å². The first-order valence-corrected chi connectivity index (χ1v) is 8.23. The first-order valence-electron chi connectivity index (χ1n) is 8.23. The number of hydrogen-bond acceptors (Lipinski definition) is 6. The van der Waals surface area contributed by atoms with Gasteiger partial charge in [0.05, 0.1) is 19.8 Å². The van der Waals surface area contributed by atoms with Crippen LogP contribution in [0.15, 0.2) is 18.5 Å². The van der Waals surface area contributed by atoms with Gasteiger partial charge in [0.15, 0.2) is 0 Å². The molecule has 0 aromatic carbocycles. The van der Waals surface area contributed by atoms with Crippen molar-refractivity contribution >= 4 is 11.9 Å². The summed E-state index contributed by atoms with van der Waals surface area (Å²) >= 11 is 0. The molecule has 7 nitrogen and oxygen atoms in total. The van der Waals surface area contributed by atoms with E-state index < -0.39 is 0 Å². The van der Waals surface area contributed by atoms with E-state index in [0.29, 0.717) is 13.2 Å². The van der Waals surface area contributed by atoms with Crippen LogP contribution in [0, 0.1) is 5.41 Å². The predicted octanol–water partition coefficient (Wildman–Crippen LogP) is 0.141. The first-order chi connectivity index (χ1) is 11.2. The van der Waals surface area contributed by atoms with Crippen molar-refractivity contribution in [2.45, 2.75) is 12.8 Å². The lowest BCUT2D eigenvalue weighted by Crippen LogP contribution is -2.52. The highest BCUT2D eigenvalue weighted by atomic mass is 16.5. The Bertz CT molecular complexity index is 526. The third-order valence-corrected chi connectivity index (χ3v) is 4.66. The lowest BCUT2D eigenvalue weighted by molar-refractivity contribution is -0.122. The smallest absolute Gasteiger partial charge is 0.233 e. The number of anilines is 1. The summed E-state index contributed by atoms with van der Waals surface area (Å²) < 4.78 is 5.88. The molecule has 0 radical (unpaired) electrons. The summed E-state index contributed by atoms with van der Waals surface area (Å²) in [4.78, 5) is 24.9. The molecular formula is C16H25N5O2. The number of hydrogen-bond donors (Lipinski definition) is 1. The van der Waals surface area contributed by atoms with Crippen LogP contribution in [-0.2, 0) is 9.53 Å². The zero-order valence-electron chi connectivity index (χ0n) is 13.7. The van der Waals surface area contributed by atoms with Gasteiger partial charge in [-0.2, -0.15) is 0 Å². The number of likely N-dealkylation sites (N-methyl/N-ethyl adjacent to an activating group) is 1. The summed E-state index contributed by atoms with van der Waals surface area (Å²) in [5.74, 6) is 0.842. The molecule has 1 N–H and O–H groups in total. The third-order valence-electron chi connectivity index (χ3n) is 4.66. The molecule has 126 valence electrons. The number of ether oxygens (including phenoxy) is 1. The minimum Gasteiger partial charge on any atom is -0.379 e. The van der Waals surface area contributed by atoms with Crippen molar-refractivity contribution in [3.8, 4) is 0 Å². The van der Waals surface area contributed by atoms with Gasteiger partial charge in [-0.15, -0.1) is 0 Å². The molecule has 2 fully saturated rings. The number of amides is 1. The molecule has 0 aliphatic carbocycles. The molecule has 1 spiro atoms. The minimum atomic E-state index is 0.0436. The lowest BCUT2D eigenvalue weighted by atomic mass is 9.80. The molecule has 7 heteroatoms. The van der Waals surface area contributed by atoms with Crippen molar-refractivity contribution in [3.63, 3.8) is 0 Å². The van der Waals surface area contributed by atoms with E-state index in [0.717, 1.165) is 51.6 Å². The Morgan fingerprint density at radius 2 is 2.17 bits per heavy atom. The summed E-state index contributed by atoms with van der Waals surface area (Å²) in [6.45, 7) is 5.38.